The summed E-state index contributed by atoms with van der Waals surface area (Å²) in [6.45, 7) is 1.69. The minimum absolute atomic E-state index is 0.424. The topological polar surface area (TPSA) is 83.5 Å². The van der Waals surface area contributed by atoms with Crippen molar-refractivity contribution in [1.82, 2.24) is 10.3 Å². The Bertz CT molecular complexity index is 647. The van der Waals surface area contributed by atoms with E-state index in [0.717, 1.165) is 0 Å². The number of hydrogen-bond donors (Lipinski definition) is 3. The first-order chi connectivity index (χ1) is 11.0. The zero-order chi connectivity index (χ0) is 16.8. The minimum atomic E-state index is -0.933. The van der Waals surface area contributed by atoms with Gasteiger partial charge in [0.1, 0.15) is 11.9 Å². The van der Waals surface area contributed by atoms with Gasteiger partial charge in [0, 0.05) is 10.7 Å². The van der Waals surface area contributed by atoms with Crippen molar-refractivity contribution in [2.75, 3.05) is 12.4 Å². The average molecular weight is 336 g/mol. The summed E-state index contributed by atoms with van der Waals surface area (Å²) in [7, 11) is 1.54. The third-order valence-electron chi connectivity index (χ3n) is 3.23. The van der Waals surface area contributed by atoms with Gasteiger partial charge in [-0.25, -0.2) is 4.79 Å². The summed E-state index contributed by atoms with van der Waals surface area (Å²) >= 11 is 5.79. The van der Waals surface area contributed by atoms with Gasteiger partial charge in [-0.3, -0.25) is 4.98 Å². The lowest BCUT2D eigenvalue weighted by atomic mass is 10.1. The number of ether oxygens (including phenoxy) is 1. The van der Waals surface area contributed by atoms with Crippen LogP contribution in [0.25, 0.3) is 0 Å². The Morgan fingerprint density at radius 3 is 2.52 bits per heavy atom. The molecular weight excluding hydrogens is 318 g/mol. The molecule has 0 radical (unpaired) electrons. The fraction of sp³-hybridized carbons (Fsp3) is 0.250. The molecule has 0 saturated heterocycles. The van der Waals surface area contributed by atoms with Crippen molar-refractivity contribution in [3.63, 3.8) is 0 Å². The van der Waals surface area contributed by atoms with Gasteiger partial charge in [0.15, 0.2) is 0 Å². The van der Waals surface area contributed by atoms with E-state index in [1.54, 1.807) is 50.4 Å². The summed E-state index contributed by atoms with van der Waals surface area (Å²) < 4.78 is 5.02. The van der Waals surface area contributed by atoms with E-state index in [4.69, 9.17) is 16.3 Å². The number of rotatable bonds is 5. The first-order valence-corrected chi connectivity index (χ1v) is 7.38. The van der Waals surface area contributed by atoms with E-state index < -0.39 is 18.2 Å². The van der Waals surface area contributed by atoms with Gasteiger partial charge < -0.3 is 20.5 Å². The number of aliphatic hydroxyl groups excluding tert-OH is 1. The van der Waals surface area contributed by atoms with E-state index >= 15 is 0 Å². The van der Waals surface area contributed by atoms with Crippen LogP contribution in [0.3, 0.4) is 0 Å². The molecule has 0 aliphatic carbocycles. The Kier molecular flexibility index (Phi) is 5.78. The Balaban J connectivity index is 1.92. The van der Waals surface area contributed by atoms with E-state index in [-0.39, 0.29) is 0 Å². The van der Waals surface area contributed by atoms with E-state index in [9.17, 15) is 9.90 Å². The maximum absolute atomic E-state index is 11.9. The number of aliphatic hydroxyl groups is 1. The zero-order valence-corrected chi connectivity index (χ0v) is 13.5. The second-order valence-corrected chi connectivity index (χ2v) is 5.40. The minimum Gasteiger partial charge on any atom is -0.495 e. The molecule has 6 nitrogen and oxygen atoms in total. The van der Waals surface area contributed by atoms with Crippen LogP contribution >= 0.6 is 11.6 Å². The second kappa shape index (κ2) is 7.80. The molecule has 0 aliphatic heterocycles. The standard InChI is InChI=1S/C16H18ClN3O3/c1-10(15(21)14-8-7-13(23-2)9-18-14)19-16(22)20-12-5-3-11(17)4-6-12/h3-10,15,21H,1-2H3,(H2,19,20,22). The Morgan fingerprint density at radius 1 is 1.26 bits per heavy atom. The summed E-state index contributed by atoms with van der Waals surface area (Å²) in [5.74, 6) is 0.599. The molecule has 0 bridgehead atoms. The van der Waals surface area contributed by atoms with Crippen LogP contribution in [0, 0.1) is 0 Å². The quantitative estimate of drug-likeness (QED) is 0.784. The molecule has 0 saturated carbocycles. The Morgan fingerprint density at radius 2 is 1.96 bits per heavy atom. The average Bonchev–Trinajstić information content (AvgIpc) is 2.56. The maximum Gasteiger partial charge on any atom is 0.319 e. The first-order valence-electron chi connectivity index (χ1n) is 7.00. The van der Waals surface area contributed by atoms with Gasteiger partial charge in [0.25, 0.3) is 0 Å². The zero-order valence-electron chi connectivity index (χ0n) is 12.8. The SMILES string of the molecule is COc1ccc(C(O)C(C)NC(=O)Nc2ccc(Cl)cc2)nc1. The van der Waals surface area contributed by atoms with Crippen molar-refractivity contribution in [3.05, 3.63) is 53.3 Å². The molecule has 1 aromatic carbocycles. The number of hydrogen-bond acceptors (Lipinski definition) is 4. The van der Waals surface area contributed by atoms with Crippen LogP contribution in [0.4, 0.5) is 10.5 Å². The summed E-state index contributed by atoms with van der Waals surface area (Å²) in [4.78, 5) is 16.0. The Hall–Kier alpha value is -2.31. The molecule has 2 rings (SSSR count). The first kappa shape index (κ1) is 17.1. The Labute approximate surface area is 139 Å². The smallest absolute Gasteiger partial charge is 0.319 e. The van der Waals surface area contributed by atoms with E-state index in [1.807, 2.05) is 0 Å². The molecule has 7 heteroatoms. The van der Waals surface area contributed by atoms with Gasteiger partial charge in [-0.2, -0.15) is 0 Å². The van der Waals surface area contributed by atoms with Gasteiger partial charge in [0.2, 0.25) is 0 Å². The van der Waals surface area contributed by atoms with Crippen LogP contribution in [0.15, 0.2) is 42.6 Å². The highest BCUT2D eigenvalue weighted by Gasteiger charge is 2.19. The number of pyridine rings is 1. The maximum atomic E-state index is 11.9. The molecule has 2 aromatic rings. The van der Waals surface area contributed by atoms with Crippen LogP contribution in [0.2, 0.25) is 5.02 Å². The molecule has 1 aromatic heterocycles. The fourth-order valence-corrected chi connectivity index (χ4v) is 2.06. The summed E-state index contributed by atoms with van der Waals surface area (Å²) in [6, 6.07) is 9.14. The highest BCUT2D eigenvalue weighted by Crippen LogP contribution is 2.18. The van der Waals surface area contributed by atoms with E-state index in [0.29, 0.717) is 22.2 Å². The van der Waals surface area contributed by atoms with Crippen LogP contribution < -0.4 is 15.4 Å². The number of amides is 2. The number of halogens is 1. The number of methoxy groups -OCH3 is 1. The lowest BCUT2D eigenvalue weighted by molar-refractivity contribution is 0.135. The highest BCUT2D eigenvalue weighted by atomic mass is 35.5. The summed E-state index contributed by atoms with van der Waals surface area (Å²) in [5.41, 5.74) is 1.06. The third kappa shape index (κ3) is 4.84. The number of nitrogens with zero attached hydrogens (tertiary/aromatic N) is 1. The fourth-order valence-electron chi connectivity index (χ4n) is 1.93. The van der Waals surface area contributed by atoms with Crippen molar-refractivity contribution in [3.8, 4) is 5.75 Å². The molecular formula is C16H18ClN3O3. The number of carbonyl (C=O) groups excluding carboxylic acids is 1. The third-order valence-corrected chi connectivity index (χ3v) is 3.48. The van der Waals surface area contributed by atoms with Crippen molar-refractivity contribution >= 4 is 23.3 Å². The van der Waals surface area contributed by atoms with Crippen LogP contribution in [0.1, 0.15) is 18.7 Å². The van der Waals surface area contributed by atoms with Gasteiger partial charge in [0.05, 0.1) is 25.0 Å². The van der Waals surface area contributed by atoms with Gasteiger partial charge >= 0.3 is 6.03 Å². The molecule has 0 aliphatic rings. The lowest BCUT2D eigenvalue weighted by Crippen LogP contribution is -2.39. The molecule has 2 atom stereocenters. The van der Waals surface area contributed by atoms with Crippen molar-refractivity contribution in [2.45, 2.75) is 19.1 Å². The number of anilines is 1. The number of nitrogens with one attached hydrogen (secondary N) is 2. The predicted molar refractivity (Wildman–Crippen MR) is 88.8 cm³/mol. The van der Waals surface area contributed by atoms with Gasteiger partial charge in [-0.1, -0.05) is 11.6 Å². The molecule has 122 valence electrons. The molecule has 23 heavy (non-hydrogen) atoms. The highest BCUT2D eigenvalue weighted by molar-refractivity contribution is 6.30. The monoisotopic (exact) mass is 335 g/mol. The van der Waals surface area contributed by atoms with E-state index in [2.05, 4.69) is 15.6 Å². The van der Waals surface area contributed by atoms with Crippen molar-refractivity contribution in [1.29, 1.82) is 0 Å². The largest absolute Gasteiger partial charge is 0.495 e. The number of urea groups is 1. The van der Waals surface area contributed by atoms with Crippen LogP contribution in [0.5, 0.6) is 5.75 Å². The van der Waals surface area contributed by atoms with Crippen molar-refractivity contribution < 1.29 is 14.6 Å². The molecule has 3 N–H and O–H groups in total. The van der Waals surface area contributed by atoms with Crippen LogP contribution in [-0.4, -0.2) is 29.3 Å². The van der Waals surface area contributed by atoms with Gasteiger partial charge in [-0.15, -0.1) is 0 Å². The molecule has 0 spiro atoms. The number of carbonyl (C=O) groups is 1. The predicted octanol–water partition coefficient (Wildman–Crippen LogP) is 2.99. The molecule has 1 heterocycles. The molecule has 0 fully saturated rings. The summed E-state index contributed by atoms with van der Waals surface area (Å²) in [6.07, 6.45) is 0.580. The lowest BCUT2D eigenvalue weighted by Gasteiger charge is -2.20. The van der Waals surface area contributed by atoms with Gasteiger partial charge in [-0.05, 0) is 43.3 Å². The molecule has 2 amide bonds. The second-order valence-electron chi connectivity index (χ2n) is 4.96. The molecule has 2 unspecified atom stereocenters. The van der Waals surface area contributed by atoms with E-state index in [1.165, 1.54) is 6.20 Å². The van der Waals surface area contributed by atoms with Crippen LogP contribution in [-0.2, 0) is 0 Å². The van der Waals surface area contributed by atoms with Crippen molar-refractivity contribution in [2.24, 2.45) is 0 Å². The normalized spacial score (nSPS) is 13.0. The number of aromatic nitrogens is 1. The number of benzene rings is 1. The summed E-state index contributed by atoms with van der Waals surface area (Å²) in [5, 5.41) is 16.2.